The predicted octanol–water partition coefficient (Wildman–Crippen LogP) is 2.22. The summed E-state index contributed by atoms with van der Waals surface area (Å²) in [5, 5.41) is 8.89. The molecular formula is C20H24O7. The standard InChI is InChI=1S/C20H24O7/c1-12(21)26-11-16-15(17-6-7-18(16)27-17)10-19(22)25-9-8-13-2-4-14(5-3-13)20(23)24/h2-5,15-18H,6-11H2,1H3,(H,23,24)/t15-,16+,17+,18-/m1/s1. The first-order valence-electron chi connectivity index (χ1n) is 9.20. The normalized spacial score (nSPS) is 26.0. The number of benzene rings is 1. The maximum absolute atomic E-state index is 12.2. The van der Waals surface area contributed by atoms with Crippen molar-refractivity contribution in [1.29, 1.82) is 0 Å². The number of carboxylic acid groups (broad SMARTS) is 1. The zero-order valence-corrected chi connectivity index (χ0v) is 15.3. The third kappa shape index (κ3) is 4.86. The van der Waals surface area contributed by atoms with Crippen molar-refractivity contribution in [2.24, 2.45) is 11.8 Å². The minimum atomic E-state index is -0.968. The van der Waals surface area contributed by atoms with Crippen LogP contribution in [0.4, 0.5) is 0 Å². The average Bonchev–Trinajstić information content (AvgIpc) is 3.22. The maximum Gasteiger partial charge on any atom is 0.335 e. The summed E-state index contributed by atoms with van der Waals surface area (Å²) in [7, 11) is 0. The second kappa shape index (κ2) is 8.52. The van der Waals surface area contributed by atoms with Crippen LogP contribution in [-0.4, -0.2) is 48.4 Å². The van der Waals surface area contributed by atoms with Gasteiger partial charge in [-0.3, -0.25) is 9.59 Å². The van der Waals surface area contributed by atoms with Gasteiger partial charge in [0.1, 0.15) is 0 Å². The Hall–Kier alpha value is -2.41. The van der Waals surface area contributed by atoms with Gasteiger partial charge >= 0.3 is 17.9 Å². The second-order valence-corrected chi connectivity index (χ2v) is 7.10. The Kier molecular flexibility index (Phi) is 6.11. The molecule has 3 rings (SSSR count). The number of carboxylic acids is 1. The van der Waals surface area contributed by atoms with Crippen LogP contribution in [0, 0.1) is 11.8 Å². The first-order valence-corrected chi connectivity index (χ1v) is 9.20. The Morgan fingerprint density at radius 1 is 1.07 bits per heavy atom. The number of rotatable bonds is 8. The molecule has 7 heteroatoms. The van der Waals surface area contributed by atoms with Gasteiger partial charge in [0.25, 0.3) is 0 Å². The summed E-state index contributed by atoms with van der Waals surface area (Å²) in [5.41, 5.74) is 1.13. The molecule has 27 heavy (non-hydrogen) atoms. The van der Waals surface area contributed by atoms with Crippen LogP contribution in [0.1, 0.15) is 42.1 Å². The van der Waals surface area contributed by atoms with Crippen LogP contribution in [0.2, 0.25) is 0 Å². The molecule has 0 aromatic heterocycles. The quantitative estimate of drug-likeness (QED) is 0.695. The molecule has 0 amide bonds. The van der Waals surface area contributed by atoms with Crippen LogP contribution in [0.5, 0.6) is 0 Å². The van der Waals surface area contributed by atoms with Gasteiger partial charge in [-0.2, -0.15) is 0 Å². The van der Waals surface area contributed by atoms with Gasteiger partial charge in [-0.15, -0.1) is 0 Å². The number of fused-ring (bicyclic) bond motifs is 2. The summed E-state index contributed by atoms with van der Waals surface area (Å²) in [5.74, 6) is -1.52. The zero-order valence-electron chi connectivity index (χ0n) is 15.3. The lowest BCUT2D eigenvalue weighted by molar-refractivity contribution is -0.146. The summed E-state index contributed by atoms with van der Waals surface area (Å²) >= 11 is 0. The van der Waals surface area contributed by atoms with E-state index in [2.05, 4.69) is 0 Å². The maximum atomic E-state index is 12.2. The van der Waals surface area contributed by atoms with Crippen molar-refractivity contribution in [3.8, 4) is 0 Å². The van der Waals surface area contributed by atoms with Crippen molar-refractivity contribution < 1.29 is 33.7 Å². The Bertz CT molecular complexity index is 697. The number of ether oxygens (including phenoxy) is 3. The zero-order chi connectivity index (χ0) is 19.4. The lowest BCUT2D eigenvalue weighted by Gasteiger charge is -2.26. The van der Waals surface area contributed by atoms with E-state index >= 15 is 0 Å². The number of hydrogen-bond acceptors (Lipinski definition) is 6. The van der Waals surface area contributed by atoms with Crippen molar-refractivity contribution in [2.75, 3.05) is 13.2 Å². The van der Waals surface area contributed by atoms with E-state index in [-0.39, 0.29) is 61.2 Å². The molecule has 1 N–H and O–H groups in total. The minimum Gasteiger partial charge on any atom is -0.478 e. The van der Waals surface area contributed by atoms with Crippen LogP contribution in [0.15, 0.2) is 24.3 Å². The fourth-order valence-corrected chi connectivity index (χ4v) is 3.95. The fourth-order valence-electron chi connectivity index (χ4n) is 3.95. The number of aromatic carboxylic acids is 1. The van der Waals surface area contributed by atoms with E-state index in [0.717, 1.165) is 18.4 Å². The number of esters is 2. The topological polar surface area (TPSA) is 99.1 Å². The van der Waals surface area contributed by atoms with E-state index in [1.54, 1.807) is 12.1 Å². The average molecular weight is 376 g/mol. The molecule has 4 atom stereocenters. The molecular weight excluding hydrogens is 352 g/mol. The Labute approximate surface area is 157 Å². The van der Waals surface area contributed by atoms with Crippen LogP contribution < -0.4 is 0 Å². The van der Waals surface area contributed by atoms with Gasteiger partial charge < -0.3 is 19.3 Å². The molecule has 2 aliphatic rings. The van der Waals surface area contributed by atoms with Crippen LogP contribution >= 0.6 is 0 Å². The van der Waals surface area contributed by atoms with Gasteiger partial charge in [-0.1, -0.05) is 12.1 Å². The van der Waals surface area contributed by atoms with E-state index in [4.69, 9.17) is 19.3 Å². The number of hydrogen-bond donors (Lipinski definition) is 1. The second-order valence-electron chi connectivity index (χ2n) is 7.10. The van der Waals surface area contributed by atoms with Gasteiger partial charge in [0.15, 0.2) is 0 Å². The first kappa shape index (κ1) is 19.4. The first-order chi connectivity index (χ1) is 12.9. The molecule has 0 spiro atoms. The number of carbonyl (C=O) groups excluding carboxylic acids is 2. The highest BCUT2D eigenvalue weighted by atomic mass is 16.5. The molecule has 0 aliphatic carbocycles. The third-order valence-corrected chi connectivity index (χ3v) is 5.33. The summed E-state index contributed by atoms with van der Waals surface area (Å²) in [4.78, 5) is 34.1. The predicted molar refractivity (Wildman–Crippen MR) is 94.2 cm³/mol. The SMILES string of the molecule is CC(=O)OC[C@H]1[C@@H](CC(=O)OCCc2ccc(C(=O)O)cc2)[C@@H]2CC[C@H]1O2. The molecule has 2 aliphatic heterocycles. The Morgan fingerprint density at radius 3 is 2.37 bits per heavy atom. The van der Waals surface area contributed by atoms with Gasteiger partial charge in [0.05, 0.1) is 37.4 Å². The summed E-state index contributed by atoms with van der Waals surface area (Å²) in [6.45, 7) is 1.90. The van der Waals surface area contributed by atoms with Crippen LogP contribution in [0.25, 0.3) is 0 Å². The van der Waals surface area contributed by atoms with Gasteiger partial charge in [0.2, 0.25) is 0 Å². The number of carbonyl (C=O) groups is 3. The van der Waals surface area contributed by atoms with Gasteiger partial charge in [0, 0.05) is 25.2 Å². The van der Waals surface area contributed by atoms with E-state index in [9.17, 15) is 14.4 Å². The molecule has 1 aromatic carbocycles. The smallest absolute Gasteiger partial charge is 0.335 e. The fraction of sp³-hybridized carbons (Fsp3) is 0.550. The largest absolute Gasteiger partial charge is 0.478 e. The molecule has 2 heterocycles. The van der Waals surface area contributed by atoms with Crippen LogP contribution in [-0.2, 0) is 30.2 Å². The minimum absolute atomic E-state index is 0.0189. The molecule has 2 fully saturated rings. The van der Waals surface area contributed by atoms with Crippen molar-refractivity contribution >= 4 is 17.9 Å². The van der Waals surface area contributed by atoms with Crippen molar-refractivity contribution in [3.63, 3.8) is 0 Å². The van der Waals surface area contributed by atoms with Crippen molar-refractivity contribution in [1.82, 2.24) is 0 Å². The molecule has 1 aromatic rings. The van der Waals surface area contributed by atoms with Crippen molar-refractivity contribution in [2.45, 2.75) is 44.8 Å². The molecule has 146 valence electrons. The van der Waals surface area contributed by atoms with E-state index in [0.29, 0.717) is 6.42 Å². The van der Waals surface area contributed by atoms with E-state index in [1.165, 1.54) is 19.1 Å². The van der Waals surface area contributed by atoms with Gasteiger partial charge in [-0.25, -0.2) is 4.79 Å². The molecule has 7 nitrogen and oxygen atoms in total. The third-order valence-electron chi connectivity index (χ3n) is 5.33. The summed E-state index contributed by atoms with van der Waals surface area (Å²) in [6, 6.07) is 6.50. The van der Waals surface area contributed by atoms with E-state index in [1.807, 2.05) is 0 Å². The molecule has 2 bridgehead atoms. The lowest BCUT2D eigenvalue weighted by Crippen LogP contribution is -2.33. The lowest BCUT2D eigenvalue weighted by atomic mass is 9.78. The highest BCUT2D eigenvalue weighted by Gasteiger charge is 2.50. The Balaban J connectivity index is 1.45. The summed E-state index contributed by atoms with van der Waals surface area (Å²) < 4.78 is 16.4. The molecule has 2 saturated heterocycles. The highest BCUT2D eigenvalue weighted by Crippen LogP contribution is 2.45. The Morgan fingerprint density at radius 2 is 1.74 bits per heavy atom. The molecule has 0 unspecified atom stereocenters. The van der Waals surface area contributed by atoms with E-state index < -0.39 is 5.97 Å². The van der Waals surface area contributed by atoms with Crippen LogP contribution in [0.3, 0.4) is 0 Å². The van der Waals surface area contributed by atoms with Gasteiger partial charge in [-0.05, 0) is 30.5 Å². The van der Waals surface area contributed by atoms with Crippen molar-refractivity contribution in [3.05, 3.63) is 35.4 Å². The summed E-state index contributed by atoms with van der Waals surface area (Å²) in [6.07, 6.45) is 2.73. The molecule has 0 saturated carbocycles. The highest BCUT2D eigenvalue weighted by molar-refractivity contribution is 5.87. The molecule has 0 radical (unpaired) electrons. The monoisotopic (exact) mass is 376 g/mol.